The van der Waals surface area contributed by atoms with Gasteiger partial charge in [0.1, 0.15) is 0 Å². The fourth-order valence-corrected chi connectivity index (χ4v) is 3.29. The lowest BCUT2D eigenvalue weighted by Crippen LogP contribution is -2.47. The predicted octanol–water partition coefficient (Wildman–Crippen LogP) is 2.41. The van der Waals surface area contributed by atoms with Crippen LogP contribution in [-0.4, -0.2) is 49.1 Å². The molecule has 20 heavy (non-hydrogen) atoms. The van der Waals surface area contributed by atoms with E-state index in [-0.39, 0.29) is 6.04 Å². The summed E-state index contributed by atoms with van der Waals surface area (Å²) in [4.78, 5) is 4.92. The van der Waals surface area contributed by atoms with Gasteiger partial charge in [0.15, 0.2) is 0 Å². The molecule has 1 aliphatic heterocycles. The highest BCUT2D eigenvalue weighted by Crippen LogP contribution is 2.28. The van der Waals surface area contributed by atoms with Crippen LogP contribution in [0, 0.1) is 6.92 Å². The number of hydrogen-bond donors (Lipinski definition) is 1. The number of benzene rings is 1. The lowest BCUT2D eigenvalue weighted by molar-refractivity contribution is 0.0983. The van der Waals surface area contributed by atoms with Crippen molar-refractivity contribution >= 4 is 0 Å². The third-order valence-corrected chi connectivity index (χ3v) is 4.54. The Bertz CT molecular complexity index is 403. The molecule has 0 bridgehead atoms. The summed E-state index contributed by atoms with van der Waals surface area (Å²) >= 11 is 0. The minimum atomic E-state index is 0.161. The summed E-state index contributed by atoms with van der Waals surface area (Å²) in [5.74, 6) is 0. The van der Waals surface area contributed by atoms with E-state index in [2.05, 4.69) is 62.0 Å². The molecule has 3 heteroatoms. The maximum atomic E-state index is 6.28. The molecular weight excluding hydrogens is 246 g/mol. The third kappa shape index (κ3) is 3.60. The molecule has 0 aliphatic carbocycles. The van der Waals surface area contributed by atoms with Gasteiger partial charge in [-0.2, -0.15) is 0 Å². The highest BCUT2D eigenvalue weighted by Gasteiger charge is 2.28. The van der Waals surface area contributed by atoms with Gasteiger partial charge in [0.25, 0.3) is 0 Å². The summed E-state index contributed by atoms with van der Waals surface area (Å²) in [6.45, 7) is 6.54. The van der Waals surface area contributed by atoms with Crippen molar-refractivity contribution in [2.45, 2.75) is 44.8 Å². The minimum Gasteiger partial charge on any atom is -0.326 e. The second-order valence-corrected chi connectivity index (χ2v) is 6.45. The van der Waals surface area contributed by atoms with Gasteiger partial charge < -0.3 is 10.6 Å². The Morgan fingerprint density at radius 2 is 1.70 bits per heavy atom. The molecule has 1 aliphatic rings. The molecule has 1 aromatic carbocycles. The number of nitrogens with two attached hydrogens (primary N) is 1. The van der Waals surface area contributed by atoms with Gasteiger partial charge >= 0.3 is 0 Å². The normalized spacial score (nSPS) is 21.1. The van der Waals surface area contributed by atoms with Crippen molar-refractivity contribution in [3.63, 3.8) is 0 Å². The molecule has 2 N–H and O–H groups in total. The number of hydrogen-bond acceptors (Lipinski definition) is 3. The van der Waals surface area contributed by atoms with Gasteiger partial charge in [0, 0.05) is 31.2 Å². The average molecular weight is 275 g/mol. The Labute approximate surface area is 123 Å². The summed E-state index contributed by atoms with van der Waals surface area (Å²) in [5, 5.41) is 0. The minimum absolute atomic E-state index is 0.161. The summed E-state index contributed by atoms with van der Waals surface area (Å²) in [6.07, 6.45) is 2.48. The molecule has 2 rings (SSSR count). The smallest absolute Gasteiger partial charge is 0.0496 e. The molecule has 1 aromatic rings. The van der Waals surface area contributed by atoms with Crippen molar-refractivity contribution in [1.29, 1.82) is 0 Å². The number of likely N-dealkylation sites (tertiary alicyclic amines) is 1. The van der Waals surface area contributed by atoms with E-state index in [9.17, 15) is 0 Å². The largest absolute Gasteiger partial charge is 0.326 e. The zero-order valence-electron chi connectivity index (χ0n) is 13.3. The summed E-state index contributed by atoms with van der Waals surface area (Å²) in [7, 11) is 4.37. The first-order chi connectivity index (χ1) is 9.49. The highest BCUT2D eigenvalue weighted by atomic mass is 15.2. The molecule has 112 valence electrons. The van der Waals surface area contributed by atoms with Crippen LogP contribution >= 0.6 is 0 Å². The first kappa shape index (κ1) is 15.5. The highest BCUT2D eigenvalue weighted by molar-refractivity contribution is 5.25. The van der Waals surface area contributed by atoms with Crippen LogP contribution in [0.3, 0.4) is 0 Å². The maximum Gasteiger partial charge on any atom is 0.0496 e. The van der Waals surface area contributed by atoms with Gasteiger partial charge in [-0.05, 0) is 46.3 Å². The molecule has 1 fully saturated rings. The molecule has 2 atom stereocenters. The molecule has 3 nitrogen and oxygen atoms in total. The first-order valence-electron chi connectivity index (χ1n) is 7.71. The molecule has 0 radical (unpaired) electrons. The summed E-state index contributed by atoms with van der Waals surface area (Å²) < 4.78 is 0. The average Bonchev–Trinajstić information content (AvgIpc) is 2.41. The van der Waals surface area contributed by atoms with Crippen molar-refractivity contribution < 1.29 is 0 Å². The molecule has 0 saturated carbocycles. The van der Waals surface area contributed by atoms with E-state index in [0.717, 1.165) is 19.1 Å². The van der Waals surface area contributed by atoms with Crippen LogP contribution in [0.2, 0.25) is 0 Å². The van der Waals surface area contributed by atoms with Crippen LogP contribution in [0.4, 0.5) is 0 Å². The fraction of sp³-hybridized carbons (Fsp3) is 0.647. The Balaban J connectivity index is 2.09. The van der Waals surface area contributed by atoms with Crippen LogP contribution in [-0.2, 0) is 0 Å². The molecule has 2 unspecified atom stereocenters. The van der Waals surface area contributed by atoms with Gasteiger partial charge in [-0.3, -0.25) is 4.90 Å². The van der Waals surface area contributed by atoms with Crippen LogP contribution in [0.25, 0.3) is 0 Å². The Kier molecular flexibility index (Phi) is 5.19. The van der Waals surface area contributed by atoms with Gasteiger partial charge in [0.05, 0.1) is 0 Å². The molecule has 0 spiro atoms. The summed E-state index contributed by atoms with van der Waals surface area (Å²) in [6, 6.07) is 10.1. The van der Waals surface area contributed by atoms with E-state index in [0.29, 0.717) is 6.04 Å². The third-order valence-electron chi connectivity index (χ3n) is 4.54. The summed E-state index contributed by atoms with van der Waals surface area (Å²) in [5.41, 5.74) is 8.94. The second kappa shape index (κ2) is 6.70. The van der Waals surface area contributed by atoms with Crippen LogP contribution < -0.4 is 5.73 Å². The topological polar surface area (TPSA) is 32.5 Å². The number of piperidine rings is 1. The van der Waals surface area contributed by atoms with Crippen molar-refractivity contribution in [1.82, 2.24) is 9.80 Å². The van der Waals surface area contributed by atoms with Crippen molar-refractivity contribution in [3.05, 3.63) is 35.4 Å². The van der Waals surface area contributed by atoms with E-state index in [1.54, 1.807) is 0 Å². The maximum absolute atomic E-state index is 6.28. The predicted molar refractivity (Wildman–Crippen MR) is 85.9 cm³/mol. The molecule has 0 aromatic heterocycles. The van der Waals surface area contributed by atoms with Gasteiger partial charge in [0.2, 0.25) is 0 Å². The van der Waals surface area contributed by atoms with Gasteiger partial charge in [-0.1, -0.05) is 29.8 Å². The second-order valence-electron chi connectivity index (χ2n) is 6.45. The molecule has 1 heterocycles. The quantitative estimate of drug-likeness (QED) is 0.916. The Hall–Kier alpha value is -0.900. The lowest BCUT2D eigenvalue weighted by atomic mass is 9.94. The van der Waals surface area contributed by atoms with Crippen molar-refractivity contribution in [3.8, 4) is 0 Å². The Morgan fingerprint density at radius 1 is 1.15 bits per heavy atom. The number of rotatable bonds is 4. The van der Waals surface area contributed by atoms with Crippen molar-refractivity contribution in [2.75, 3.05) is 27.2 Å². The Morgan fingerprint density at radius 3 is 2.15 bits per heavy atom. The van der Waals surface area contributed by atoms with E-state index < -0.39 is 0 Å². The first-order valence-corrected chi connectivity index (χ1v) is 7.71. The zero-order valence-corrected chi connectivity index (χ0v) is 13.3. The lowest BCUT2D eigenvalue weighted by Gasteiger charge is -2.41. The van der Waals surface area contributed by atoms with E-state index in [1.165, 1.54) is 24.0 Å². The van der Waals surface area contributed by atoms with E-state index in [4.69, 9.17) is 5.73 Å². The monoisotopic (exact) mass is 275 g/mol. The number of aryl methyl sites for hydroxylation is 1. The van der Waals surface area contributed by atoms with Crippen LogP contribution in [0.1, 0.15) is 36.9 Å². The van der Waals surface area contributed by atoms with Crippen LogP contribution in [0.15, 0.2) is 24.3 Å². The standard InChI is InChI=1S/C17H29N3/c1-13-5-7-15(8-6-13)17(14(2)18)20-11-9-16(10-12-20)19(3)4/h5-8,14,16-17H,9-12,18H2,1-4H3. The molecule has 1 saturated heterocycles. The van der Waals surface area contributed by atoms with Crippen molar-refractivity contribution in [2.24, 2.45) is 5.73 Å². The number of nitrogens with zero attached hydrogens (tertiary/aromatic N) is 2. The fourth-order valence-electron chi connectivity index (χ4n) is 3.29. The van der Waals surface area contributed by atoms with E-state index >= 15 is 0 Å². The van der Waals surface area contributed by atoms with Gasteiger partial charge in [-0.25, -0.2) is 0 Å². The molecular formula is C17H29N3. The molecule has 0 amide bonds. The van der Waals surface area contributed by atoms with Gasteiger partial charge in [-0.15, -0.1) is 0 Å². The van der Waals surface area contributed by atoms with E-state index in [1.807, 2.05) is 0 Å². The SMILES string of the molecule is Cc1ccc(C(C(C)N)N2CCC(N(C)C)CC2)cc1. The zero-order chi connectivity index (χ0) is 14.7. The van der Waals surface area contributed by atoms with Crippen LogP contribution in [0.5, 0.6) is 0 Å².